The number of thiazole rings is 1. The summed E-state index contributed by atoms with van der Waals surface area (Å²) >= 11 is 1.53. The number of carbonyl (C=O) groups is 1. The zero-order valence-electron chi connectivity index (χ0n) is 14.8. The molecule has 0 radical (unpaired) electrons. The molecular weight excluding hydrogens is 360 g/mol. The summed E-state index contributed by atoms with van der Waals surface area (Å²) in [5.41, 5.74) is 15.7. The number of hydrogen-bond acceptors (Lipinski definition) is 7. The van der Waals surface area contributed by atoms with Crippen LogP contribution < -0.4 is 22.1 Å². The second-order valence-corrected chi connectivity index (χ2v) is 7.64. The van der Waals surface area contributed by atoms with E-state index in [0.717, 1.165) is 35.2 Å². The van der Waals surface area contributed by atoms with Crippen LogP contribution in [-0.2, 0) is 0 Å². The van der Waals surface area contributed by atoms with Crippen LogP contribution in [-0.4, -0.2) is 28.0 Å². The molecule has 1 aromatic carbocycles. The Morgan fingerprint density at radius 1 is 1.19 bits per heavy atom. The normalized spacial score (nSPS) is 19.7. The van der Waals surface area contributed by atoms with Crippen molar-refractivity contribution in [3.05, 3.63) is 41.4 Å². The first-order chi connectivity index (χ1) is 13.1. The van der Waals surface area contributed by atoms with Gasteiger partial charge in [0.15, 0.2) is 0 Å². The zero-order valence-corrected chi connectivity index (χ0v) is 15.6. The molecule has 1 aliphatic rings. The van der Waals surface area contributed by atoms with Gasteiger partial charge in [-0.1, -0.05) is 18.9 Å². The molecule has 0 bridgehead atoms. The fourth-order valence-corrected chi connectivity index (χ4v) is 4.23. The van der Waals surface area contributed by atoms with E-state index < -0.39 is 5.91 Å². The summed E-state index contributed by atoms with van der Waals surface area (Å²) in [5, 5.41) is 6.68. The van der Waals surface area contributed by atoms with Crippen molar-refractivity contribution < 1.29 is 4.79 Å². The molecule has 27 heavy (non-hydrogen) atoms. The van der Waals surface area contributed by atoms with E-state index in [9.17, 15) is 4.79 Å². The quantitative estimate of drug-likeness (QED) is 0.538. The minimum Gasteiger partial charge on any atom is -0.366 e. The lowest BCUT2D eigenvalue weighted by Crippen LogP contribution is -2.42. The van der Waals surface area contributed by atoms with Gasteiger partial charge in [-0.05, 0) is 37.1 Å². The van der Waals surface area contributed by atoms with Crippen LogP contribution in [0.25, 0.3) is 10.2 Å². The monoisotopic (exact) mass is 382 g/mol. The van der Waals surface area contributed by atoms with E-state index in [1.54, 1.807) is 17.6 Å². The number of primary amides is 1. The highest BCUT2D eigenvalue weighted by atomic mass is 32.1. The maximum Gasteiger partial charge on any atom is 0.252 e. The third kappa shape index (κ3) is 3.72. The summed E-state index contributed by atoms with van der Waals surface area (Å²) < 4.78 is 1.00. The number of carbonyl (C=O) groups excluding carboxylic acids is 1. The average Bonchev–Trinajstić information content (AvgIpc) is 3.13. The molecule has 1 aliphatic carbocycles. The van der Waals surface area contributed by atoms with Crippen LogP contribution in [0.4, 0.5) is 17.3 Å². The van der Waals surface area contributed by atoms with Gasteiger partial charge in [-0.3, -0.25) is 4.79 Å². The predicted octanol–water partition coefficient (Wildman–Crippen LogP) is 3.22. The highest BCUT2D eigenvalue weighted by Crippen LogP contribution is 2.30. The van der Waals surface area contributed by atoms with Crippen LogP contribution in [0.1, 0.15) is 36.0 Å². The van der Waals surface area contributed by atoms with Gasteiger partial charge in [0.25, 0.3) is 5.91 Å². The van der Waals surface area contributed by atoms with E-state index >= 15 is 0 Å². The van der Waals surface area contributed by atoms with Crippen molar-refractivity contribution in [1.82, 2.24) is 9.97 Å². The molecule has 1 saturated carbocycles. The van der Waals surface area contributed by atoms with E-state index in [2.05, 4.69) is 20.6 Å². The molecule has 8 heteroatoms. The van der Waals surface area contributed by atoms with Crippen molar-refractivity contribution in [3.63, 3.8) is 0 Å². The number of benzene rings is 1. The first-order valence-electron chi connectivity index (χ1n) is 9.04. The predicted molar refractivity (Wildman–Crippen MR) is 110 cm³/mol. The summed E-state index contributed by atoms with van der Waals surface area (Å²) in [5.74, 6) is 0.585. The molecule has 6 N–H and O–H groups in total. The van der Waals surface area contributed by atoms with Crippen LogP contribution in [0.3, 0.4) is 0 Å². The number of aromatic nitrogens is 2. The Balaban J connectivity index is 1.65. The minimum absolute atomic E-state index is 0.110. The van der Waals surface area contributed by atoms with Crippen molar-refractivity contribution >= 4 is 44.8 Å². The Morgan fingerprint density at radius 2 is 2.04 bits per heavy atom. The molecule has 3 aromatic rings. The number of nitrogens with one attached hydrogen (secondary N) is 2. The number of amides is 1. The maximum absolute atomic E-state index is 11.9. The molecule has 140 valence electrons. The van der Waals surface area contributed by atoms with Gasteiger partial charge < -0.3 is 22.1 Å². The van der Waals surface area contributed by atoms with Crippen molar-refractivity contribution in [1.29, 1.82) is 0 Å². The van der Waals surface area contributed by atoms with Crippen LogP contribution in [0.5, 0.6) is 0 Å². The first-order valence-corrected chi connectivity index (χ1v) is 9.92. The van der Waals surface area contributed by atoms with Crippen molar-refractivity contribution in [2.24, 2.45) is 11.5 Å². The molecule has 4 rings (SSSR count). The third-order valence-electron chi connectivity index (χ3n) is 4.92. The largest absolute Gasteiger partial charge is 0.366 e. The lowest BCUT2D eigenvalue weighted by molar-refractivity contribution is 0.100. The standard InChI is InChI=1S/C19H22N6OS/c20-12-4-1-2-5-13(12)23-16-9-8-11(18(21)26)19(25-16)24-15-7-3-6-14-17(15)27-10-22-14/h3,6-10,12-13H,1-2,4-5,20H2,(H2,21,26)(H2,23,24,25)/t12-,13+/m0/s1. The minimum atomic E-state index is -0.526. The second kappa shape index (κ2) is 7.50. The van der Waals surface area contributed by atoms with Gasteiger partial charge in [-0.15, -0.1) is 11.3 Å². The van der Waals surface area contributed by atoms with E-state index in [0.29, 0.717) is 17.2 Å². The van der Waals surface area contributed by atoms with Gasteiger partial charge in [0.2, 0.25) is 0 Å². The van der Waals surface area contributed by atoms with Gasteiger partial charge in [0.05, 0.1) is 27.0 Å². The highest BCUT2D eigenvalue weighted by Gasteiger charge is 2.22. The SMILES string of the molecule is NC(=O)c1ccc(N[C@@H]2CCCC[C@@H]2N)nc1Nc1cccc2ncsc12. The fourth-order valence-electron chi connectivity index (χ4n) is 3.47. The molecular formula is C19H22N6OS. The summed E-state index contributed by atoms with van der Waals surface area (Å²) in [7, 11) is 0. The lowest BCUT2D eigenvalue weighted by atomic mass is 9.91. The fraction of sp³-hybridized carbons (Fsp3) is 0.316. The number of hydrogen-bond donors (Lipinski definition) is 4. The number of anilines is 3. The smallest absolute Gasteiger partial charge is 0.252 e. The van der Waals surface area contributed by atoms with Crippen LogP contribution in [0.15, 0.2) is 35.8 Å². The molecule has 2 heterocycles. The van der Waals surface area contributed by atoms with E-state index in [4.69, 9.17) is 11.5 Å². The Bertz CT molecular complexity index is 972. The number of nitrogens with zero attached hydrogens (tertiary/aromatic N) is 2. The van der Waals surface area contributed by atoms with Gasteiger partial charge in [0.1, 0.15) is 11.6 Å². The van der Waals surface area contributed by atoms with E-state index in [1.807, 2.05) is 18.2 Å². The molecule has 0 saturated heterocycles. The molecule has 0 aliphatic heterocycles. The molecule has 1 amide bonds. The summed E-state index contributed by atoms with van der Waals surface area (Å²) in [4.78, 5) is 20.8. The van der Waals surface area contributed by atoms with Gasteiger partial charge >= 0.3 is 0 Å². The van der Waals surface area contributed by atoms with E-state index in [1.165, 1.54) is 17.8 Å². The zero-order chi connectivity index (χ0) is 18.8. The average molecular weight is 382 g/mol. The Kier molecular flexibility index (Phi) is 4.91. The maximum atomic E-state index is 11.9. The second-order valence-electron chi connectivity index (χ2n) is 6.79. The van der Waals surface area contributed by atoms with Crippen molar-refractivity contribution in [2.45, 2.75) is 37.8 Å². The molecule has 7 nitrogen and oxygen atoms in total. The Morgan fingerprint density at radius 3 is 2.85 bits per heavy atom. The van der Waals surface area contributed by atoms with Crippen molar-refractivity contribution in [3.8, 4) is 0 Å². The molecule has 0 spiro atoms. The Hall–Kier alpha value is -2.71. The first kappa shape index (κ1) is 17.7. The number of rotatable bonds is 5. The molecule has 2 atom stereocenters. The lowest BCUT2D eigenvalue weighted by Gasteiger charge is -2.29. The van der Waals surface area contributed by atoms with Crippen LogP contribution >= 0.6 is 11.3 Å². The molecule has 2 aromatic heterocycles. The summed E-state index contributed by atoms with van der Waals surface area (Å²) in [6, 6.07) is 9.56. The molecule has 1 fully saturated rings. The number of nitrogens with two attached hydrogens (primary N) is 2. The van der Waals surface area contributed by atoms with E-state index in [-0.39, 0.29) is 12.1 Å². The summed E-state index contributed by atoms with van der Waals surface area (Å²) in [6.07, 6.45) is 4.35. The Labute approximate surface area is 161 Å². The van der Waals surface area contributed by atoms with Crippen LogP contribution in [0, 0.1) is 0 Å². The van der Waals surface area contributed by atoms with Gasteiger partial charge in [-0.2, -0.15) is 0 Å². The van der Waals surface area contributed by atoms with Crippen molar-refractivity contribution in [2.75, 3.05) is 10.6 Å². The number of fused-ring (bicyclic) bond motifs is 1. The summed E-state index contributed by atoms with van der Waals surface area (Å²) in [6.45, 7) is 0. The van der Waals surface area contributed by atoms with Gasteiger partial charge in [-0.25, -0.2) is 9.97 Å². The topological polar surface area (TPSA) is 119 Å². The highest BCUT2D eigenvalue weighted by molar-refractivity contribution is 7.17. The number of pyridine rings is 1. The molecule has 0 unspecified atom stereocenters. The third-order valence-corrected chi connectivity index (χ3v) is 5.80. The van der Waals surface area contributed by atoms with Gasteiger partial charge in [0, 0.05) is 12.1 Å². The van der Waals surface area contributed by atoms with Crippen LogP contribution in [0.2, 0.25) is 0 Å².